The van der Waals surface area contributed by atoms with Gasteiger partial charge in [-0.3, -0.25) is 4.79 Å². The Hall–Kier alpha value is -0.440. The van der Waals surface area contributed by atoms with Gasteiger partial charge in [0.25, 0.3) is 0 Å². The van der Waals surface area contributed by atoms with Crippen molar-refractivity contribution in [3.63, 3.8) is 0 Å². The van der Waals surface area contributed by atoms with Crippen LogP contribution in [0.5, 0.6) is 0 Å². The highest BCUT2D eigenvalue weighted by atomic mass is 32.1. The molecule has 1 amide bonds. The Morgan fingerprint density at radius 3 is 2.50 bits per heavy atom. The zero-order chi connectivity index (χ0) is 6.57. The van der Waals surface area contributed by atoms with E-state index in [4.69, 9.17) is 5.73 Å². The van der Waals surface area contributed by atoms with Crippen LogP contribution >= 0.6 is 12.6 Å². The van der Waals surface area contributed by atoms with Gasteiger partial charge in [0.1, 0.15) is 0 Å². The lowest BCUT2D eigenvalue weighted by Crippen LogP contribution is -2.11. The Bertz CT molecular complexity index is 120. The van der Waals surface area contributed by atoms with Crippen molar-refractivity contribution in [2.24, 2.45) is 5.73 Å². The van der Waals surface area contributed by atoms with Crippen molar-refractivity contribution < 1.29 is 4.79 Å². The summed E-state index contributed by atoms with van der Waals surface area (Å²) in [7, 11) is 0. The van der Waals surface area contributed by atoms with Gasteiger partial charge in [0, 0.05) is 11.3 Å². The molecular formula is C5H9NOS. The summed E-state index contributed by atoms with van der Waals surface area (Å²) in [5.41, 5.74) is 5.45. The van der Waals surface area contributed by atoms with Crippen LogP contribution in [0.4, 0.5) is 0 Å². The Kier molecular flexibility index (Phi) is 3.35. The van der Waals surface area contributed by atoms with Crippen molar-refractivity contribution >= 4 is 18.5 Å². The second-order valence-electron chi connectivity index (χ2n) is 1.43. The quantitative estimate of drug-likeness (QED) is 0.412. The van der Waals surface area contributed by atoms with Crippen molar-refractivity contribution in [3.05, 3.63) is 11.6 Å². The Morgan fingerprint density at radius 2 is 2.38 bits per heavy atom. The molecule has 46 valence electrons. The van der Waals surface area contributed by atoms with E-state index in [1.165, 1.54) is 0 Å². The zero-order valence-electron chi connectivity index (χ0n) is 4.72. The average Bonchev–Trinajstić information content (AvgIpc) is 1.67. The maximum Gasteiger partial charge on any atom is 0.244 e. The summed E-state index contributed by atoms with van der Waals surface area (Å²) < 4.78 is 0. The zero-order valence-corrected chi connectivity index (χ0v) is 5.61. The molecule has 0 fully saturated rings. The Morgan fingerprint density at radius 1 is 1.88 bits per heavy atom. The van der Waals surface area contributed by atoms with Gasteiger partial charge in [-0.05, 0) is 6.92 Å². The molecule has 0 spiro atoms. The first-order valence-corrected chi connectivity index (χ1v) is 2.89. The number of rotatable bonds is 2. The van der Waals surface area contributed by atoms with Gasteiger partial charge in [0.15, 0.2) is 0 Å². The van der Waals surface area contributed by atoms with E-state index in [0.29, 0.717) is 11.3 Å². The molecule has 0 atom stereocenters. The third-order valence-corrected chi connectivity index (χ3v) is 0.969. The lowest BCUT2D eigenvalue weighted by atomic mass is 10.3. The summed E-state index contributed by atoms with van der Waals surface area (Å²) in [6, 6.07) is 0. The first-order valence-electron chi connectivity index (χ1n) is 2.26. The molecule has 0 bridgehead atoms. The van der Waals surface area contributed by atoms with Gasteiger partial charge in [0.2, 0.25) is 5.91 Å². The number of thiol groups is 1. The normalized spacial score (nSPS) is 11.5. The van der Waals surface area contributed by atoms with Crippen LogP contribution in [-0.4, -0.2) is 11.7 Å². The molecule has 8 heavy (non-hydrogen) atoms. The largest absolute Gasteiger partial charge is 0.366 e. The molecule has 0 aromatic rings. The molecule has 2 nitrogen and oxygen atoms in total. The molecule has 0 heterocycles. The molecule has 0 radical (unpaired) electrons. The standard InChI is InChI=1S/C5H9NOS/c1-4(2-3-8)5(6)7/h2,8H,3H2,1H3,(H2,6,7). The SMILES string of the molecule is CC(=CCS)C(N)=O. The first-order chi connectivity index (χ1) is 3.68. The van der Waals surface area contributed by atoms with Crippen LogP contribution in [0.1, 0.15) is 6.92 Å². The van der Waals surface area contributed by atoms with Gasteiger partial charge < -0.3 is 5.73 Å². The molecule has 0 aromatic heterocycles. The molecule has 0 aliphatic carbocycles. The van der Waals surface area contributed by atoms with Gasteiger partial charge in [-0.25, -0.2) is 0 Å². The van der Waals surface area contributed by atoms with Crippen LogP contribution in [0.2, 0.25) is 0 Å². The van der Waals surface area contributed by atoms with Crippen molar-refractivity contribution in [3.8, 4) is 0 Å². The van der Waals surface area contributed by atoms with Gasteiger partial charge in [-0.2, -0.15) is 12.6 Å². The number of carbonyl (C=O) groups is 1. The van der Waals surface area contributed by atoms with Crippen LogP contribution in [0, 0.1) is 0 Å². The number of amides is 1. The maximum absolute atomic E-state index is 10.2. The van der Waals surface area contributed by atoms with Crippen LogP contribution in [0.15, 0.2) is 11.6 Å². The van der Waals surface area contributed by atoms with Gasteiger partial charge in [0.05, 0.1) is 0 Å². The third kappa shape index (κ3) is 2.69. The minimum absolute atomic E-state index is 0.376. The van der Waals surface area contributed by atoms with E-state index in [9.17, 15) is 4.79 Å². The van der Waals surface area contributed by atoms with Gasteiger partial charge >= 0.3 is 0 Å². The van der Waals surface area contributed by atoms with E-state index in [0.717, 1.165) is 0 Å². The van der Waals surface area contributed by atoms with Crippen molar-refractivity contribution in [2.45, 2.75) is 6.92 Å². The molecule has 0 saturated carbocycles. The minimum Gasteiger partial charge on any atom is -0.366 e. The highest BCUT2D eigenvalue weighted by Gasteiger charge is 1.92. The Labute approximate surface area is 54.2 Å². The average molecular weight is 131 g/mol. The molecule has 0 unspecified atom stereocenters. The fraction of sp³-hybridized carbons (Fsp3) is 0.400. The summed E-state index contributed by atoms with van der Waals surface area (Å²) in [5.74, 6) is 0.188. The molecule has 2 N–H and O–H groups in total. The van der Waals surface area contributed by atoms with Crippen molar-refractivity contribution in [1.82, 2.24) is 0 Å². The predicted octanol–water partition coefficient (Wildman–Crippen LogP) is 0.348. The van der Waals surface area contributed by atoms with E-state index >= 15 is 0 Å². The molecule has 0 saturated heterocycles. The first kappa shape index (κ1) is 7.56. The molecule has 3 heteroatoms. The summed E-state index contributed by atoms with van der Waals surface area (Å²) in [6.07, 6.45) is 1.67. The van der Waals surface area contributed by atoms with Crippen molar-refractivity contribution in [2.75, 3.05) is 5.75 Å². The molecule has 0 aliphatic rings. The number of carbonyl (C=O) groups excluding carboxylic acids is 1. The maximum atomic E-state index is 10.2. The molecule has 0 rings (SSSR count). The number of nitrogens with two attached hydrogens (primary N) is 1. The summed E-state index contributed by atoms with van der Waals surface area (Å²) in [6.45, 7) is 1.67. The topological polar surface area (TPSA) is 43.1 Å². The van der Waals surface area contributed by atoms with E-state index in [1.54, 1.807) is 13.0 Å². The van der Waals surface area contributed by atoms with Gasteiger partial charge in [-0.15, -0.1) is 0 Å². The smallest absolute Gasteiger partial charge is 0.244 e. The van der Waals surface area contributed by atoms with Gasteiger partial charge in [-0.1, -0.05) is 6.08 Å². The molecular weight excluding hydrogens is 122 g/mol. The highest BCUT2D eigenvalue weighted by molar-refractivity contribution is 7.80. The summed E-state index contributed by atoms with van der Waals surface area (Å²) >= 11 is 3.87. The second-order valence-corrected chi connectivity index (χ2v) is 1.80. The number of hydrogen-bond donors (Lipinski definition) is 2. The van der Waals surface area contributed by atoms with Crippen LogP contribution < -0.4 is 5.73 Å². The summed E-state index contributed by atoms with van der Waals surface area (Å²) in [4.78, 5) is 10.2. The highest BCUT2D eigenvalue weighted by Crippen LogP contribution is 1.89. The van der Waals surface area contributed by atoms with Crippen LogP contribution in [-0.2, 0) is 4.79 Å². The fourth-order valence-electron chi connectivity index (χ4n) is 0.238. The van der Waals surface area contributed by atoms with E-state index in [1.807, 2.05) is 0 Å². The van der Waals surface area contributed by atoms with Crippen LogP contribution in [0.3, 0.4) is 0 Å². The fourth-order valence-corrected chi connectivity index (χ4v) is 0.511. The molecule has 0 aromatic carbocycles. The monoisotopic (exact) mass is 131 g/mol. The lowest BCUT2D eigenvalue weighted by molar-refractivity contribution is -0.114. The van der Waals surface area contributed by atoms with E-state index in [2.05, 4.69) is 12.6 Å². The number of primary amides is 1. The second kappa shape index (κ2) is 3.55. The number of hydrogen-bond acceptors (Lipinski definition) is 2. The van der Waals surface area contributed by atoms with Crippen molar-refractivity contribution in [1.29, 1.82) is 0 Å². The van der Waals surface area contributed by atoms with Crippen LogP contribution in [0.25, 0.3) is 0 Å². The lowest BCUT2D eigenvalue weighted by Gasteiger charge is -1.88. The van der Waals surface area contributed by atoms with E-state index in [-0.39, 0.29) is 5.91 Å². The van der Waals surface area contributed by atoms with E-state index < -0.39 is 0 Å². The third-order valence-electron chi connectivity index (χ3n) is 0.786. The summed E-state index contributed by atoms with van der Waals surface area (Å²) in [5, 5.41) is 0. The molecule has 0 aliphatic heterocycles. The predicted molar refractivity (Wildman–Crippen MR) is 36.8 cm³/mol. The Balaban J connectivity index is 3.80. The minimum atomic E-state index is -0.376.